The molecule has 2 aromatic rings. The van der Waals surface area contributed by atoms with Crippen LogP contribution in [0.4, 0.5) is 5.69 Å². The minimum atomic E-state index is -0.0405. The number of nitrogens with one attached hydrogen (secondary N) is 3. The van der Waals surface area contributed by atoms with Crippen molar-refractivity contribution in [1.82, 2.24) is 15.6 Å². The number of thiazole rings is 1. The van der Waals surface area contributed by atoms with Crippen LogP contribution in [0.2, 0.25) is 0 Å². The van der Waals surface area contributed by atoms with Gasteiger partial charge in [-0.2, -0.15) is 0 Å². The third kappa shape index (κ3) is 7.23. The summed E-state index contributed by atoms with van der Waals surface area (Å²) in [6, 6.07) is 7.50. The van der Waals surface area contributed by atoms with Crippen LogP contribution in [-0.4, -0.2) is 29.9 Å². The van der Waals surface area contributed by atoms with Gasteiger partial charge in [0.15, 0.2) is 5.96 Å². The van der Waals surface area contributed by atoms with E-state index in [0.29, 0.717) is 25.5 Å². The summed E-state index contributed by atoms with van der Waals surface area (Å²) in [5.41, 5.74) is 0.785. The van der Waals surface area contributed by atoms with E-state index in [4.69, 9.17) is 0 Å². The maximum Gasteiger partial charge on any atom is 0.226 e. The summed E-state index contributed by atoms with van der Waals surface area (Å²) < 4.78 is 0.981. The van der Waals surface area contributed by atoms with Gasteiger partial charge in [-0.05, 0) is 38.1 Å². The molecular formula is C17H22BrN5OS. The molecule has 0 saturated heterocycles. The highest BCUT2D eigenvalue weighted by Gasteiger charge is 2.04. The van der Waals surface area contributed by atoms with Gasteiger partial charge < -0.3 is 16.0 Å². The number of amides is 1. The van der Waals surface area contributed by atoms with Crippen LogP contribution in [0.25, 0.3) is 0 Å². The second-order valence-electron chi connectivity index (χ2n) is 5.29. The fraction of sp³-hybridized carbons (Fsp3) is 0.353. The molecular weight excluding hydrogens is 402 g/mol. The van der Waals surface area contributed by atoms with Crippen molar-refractivity contribution in [3.05, 3.63) is 44.8 Å². The molecule has 8 heteroatoms. The van der Waals surface area contributed by atoms with Gasteiger partial charge in [-0.15, -0.1) is 11.3 Å². The Balaban J connectivity index is 1.77. The first-order valence-electron chi connectivity index (χ1n) is 8.05. The fourth-order valence-electron chi connectivity index (χ4n) is 2.01. The molecule has 0 aliphatic carbocycles. The first-order valence-corrected chi connectivity index (χ1v) is 9.66. The lowest BCUT2D eigenvalue weighted by molar-refractivity contribution is -0.116. The number of aromatic nitrogens is 1. The van der Waals surface area contributed by atoms with Crippen LogP contribution in [0.5, 0.6) is 0 Å². The van der Waals surface area contributed by atoms with E-state index in [1.165, 1.54) is 4.88 Å². The van der Waals surface area contributed by atoms with Gasteiger partial charge in [0.2, 0.25) is 5.91 Å². The Bertz CT molecular complexity index is 714. The second kappa shape index (κ2) is 10.1. The molecule has 0 aliphatic heterocycles. The Kier molecular flexibility index (Phi) is 7.87. The van der Waals surface area contributed by atoms with Crippen molar-refractivity contribution in [2.75, 3.05) is 18.4 Å². The Morgan fingerprint density at radius 1 is 1.28 bits per heavy atom. The third-order valence-electron chi connectivity index (χ3n) is 3.16. The molecule has 1 aromatic heterocycles. The molecule has 0 bridgehead atoms. The van der Waals surface area contributed by atoms with E-state index in [2.05, 4.69) is 41.9 Å². The zero-order valence-corrected chi connectivity index (χ0v) is 16.7. The lowest BCUT2D eigenvalue weighted by atomic mass is 10.3. The number of aliphatic imine (C=N–C) groups is 1. The summed E-state index contributed by atoms with van der Waals surface area (Å²) in [7, 11) is 0. The number of carbonyl (C=O) groups is 1. The van der Waals surface area contributed by atoms with E-state index in [-0.39, 0.29) is 5.91 Å². The lowest BCUT2D eigenvalue weighted by Gasteiger charge is -2.11. The summed E-state index contributed by atoms with van der Waals surface area (Å²) in [6.45, 7) is 5.82. The van der Waals surface area contributed by atoms with Crippen molar-refractivity contribution in [3.63, 3.8) is 0 Å². The maximum absolute atomic E-state index is 12.0. The minimum absolute atomic E-state index is 0.0405. The smallest absolute Gasteiger partial charge is 0.226 e. The van der Waals surface area contributed by atoms with Crippen molar-refractivity contribution in [2.45, 2.75) is 26.8 Å². The van der Waals surface area contributed by atoms with Gasteiger partial charge in [-0.25, -0.2) is 9.98 Å². The standard InChI is InChI=1S/C17H22BrN5OS/c1-3-19-17(22-11-16-21-10-12(2)25-16)20-9-8-15(24)23-14-6-4-13(18)5-7-14/h4-7,10H,3,8-9,11H2,1-2H3,(H,23,24)(H2,19,20,22). The van der Waals surface area contributed by atoms with E-state index < -0.39 is 0 Å². The number of guanidine groups is 1. The van der Waals surface area contributed by atoms with Crippen LogP contribution < -0.4 is 16.0 Å². The van der Waals surface area contributed by atoms with Crippen LogP contribution in [0.15, 0.2) is 39.9 Å². The number of aryl methyl sites for hydroxylation is 1. The van der Waals surface area contributed by atoms with E-state index in [9.17, 15) is 4.79 Å². The van der Waals surface area contributed by atoms with Gasteiger partial charge in [-0.1, -0.05) is 15.9 Å². The van der Waals surface area contributed by atoms with Crippen LogP contribution in [0.3, 0.4) is 0 Å². The number of anilines is 1. The number of carbonyl (C=O) groups excluding carboxylic acids is 1. The van der Waals surface area contributed by atoms with Crippen LogP contribution in [0, 0.1) is 6.92 Å². The van der Waals surface area contributed by atoms with Gasteiger partial charge in [0, 0.05) is 40.7 Å². The van der Waals surface area contributed by atoms with E-state index in [1.807, 2.05) is 44.3 Å². The highest BCUT2D eigenvalue weighted by atomic mass is 79.9. The zero-order valence-electron chi connectivity index (χ0n) is 14.3. The fourth-order valence-corrected chi connectivity index (χ4v) is 2.99. The SMILES string of the molecule is CCNC(=NCc1ncc(C)s1)NCCC(=O)Nc1ccc(Br)cc1. The molecule has 1 amide bonds. The molecule has 134 valence electrons. The van der Waals surface area contributed by atoms with Gasteiger partial charge in [-0.3, -0.25) is 4.79 Å². The molecule has 6 nitrogen and oxygen atoms in total. The van der Waals surface area contributed by atoms with E-state index >= 15 is 0 Å². The van der Waals surface area contributed by atoms with Crippen molar-refractivity contribution in [2.24, 2.45) is 4.99 Å². The molecule has 0 unspecified atom stereocenters. The predicted molar refractivity (Wildman–Crippen MR) is 107 cm³/mol. The van der Waals surface area contributed by atoms with Gasteiger partial charge in [0.05, 0.1) is 6.54 Å². The number of nitrogens with zero attached hydrogens (tertiary/aromatic N) is 2. The highest BCUT2D eigenvalue weighted by Crippen LogP contribution is 2.14. The normalized spacial score (nSPS) is 11.2. The number of halogens is 1. The van der Waals surface area contributed by atoms with Gasteiger partial charge in [0.1, 0.15) is 5.01 Å². The van der Waals surface area contributed by atoms with E-state index in [1.54, 1.807) is 11.3 Å². The third-order valence-corrected chi connectivity index (χ3v) is 4.58. The highest BCUT2D eigenvalue weighted by molar-refractivity contribution is 9.10. The first kappa shape index (κ1) is 19.4. The average molecular weight is 424 g/mol. The number of benzene rings is 1. The summed E-state index contributed by atoms with van der Waals surface area (Å²) in [6.07, 6.45) is 2.21. The second-order valence-corrected chi connectivity index (χ2v) is 7.53. The number of hydrogen-bond donors (Lipinski definition) is 3. The molecule has 1 heterocycles. The summed E-state index contributed by atoms with van der Waals surface area (Å²) in [4.78, 5) is 22.0. The molecule has 0 saturated carbocycles. The minimum Gasteiger partial charge on any atom is -0.357 e. The molecule has 0 atom stereocenters. The molecule has 2 rings (SSSR count). The van der Waals surface area contributed by atoms with Crippen molar-refractivity contribution in [1.29, 1.82) is 0 Å². The number of rotatable bonds is 7. The summed E-state index contributed by atoms with van der Waals surface area (Å²) in [5, 5.41) is 10.2. The monoisotopic (exact) mass is 423 g/mol. The van der Waals surface area contributed by atoms with Gasteiger partial charge in [0.25, 0.3) is 0 Å². The topological polar surface area (TPSA) is 78.4 Å². The zero-order chi connectivity index (χ0) is 18.1. The largest absolute Gasteiger partial charge is 0.357 e. The molecule has 25 heavy (non-hydrogen) atoms. The predicted octanol–water partition coefficient (Wildman–Crippen LogP) is 3.30. The first-order chi connectivity index (χ1) is 12.1. The molecule has 1 aromatic carbocycles. The Morgan fingerprint density at radius 2 is 2.04 bits per heavy atom. The Hall–Kier alpha value is -1.93. The Labute approximate surface area is 160 Å². The lowest BCUT2D eigenvalue weighted by Crippen LogP contribution is -2.38. The average Bonchev–Trinajstić information content (AvgIpc) is 3.00. The van der Waals surface area contributed by atoms with E-state index in [0.717, 1.165) is 21.7 Å². The molecule has 0 radical (unpaired) electrons. The van der Waals surface area contributed by atoms with Gasteiger partial charge >= 0.3 is 0 Å². The summed E-state index contributed by atoms with van der Waals surface area (Å²) in [5.74, 6) is 0.646. The quantitative estimate of drug-likeness (QED) is 0.471. The van der Waals surface area contributed by atoms with Crippen LogP contribution in [-0.2, 0) is 11.3 Å². The molecule has 0 spiro atoms. The molecule has 0 aliphatic rings. The van der Waals surface area contributed by atoms with Crippen LogP contribution >= 0.6 is 27.3 Å². The number of hydrogen-bond acceptors (Lipinski definition) is 4. The maximum atomic E-state index is 12.0. The van der Waals surface area contributed by atoms with Crippen molar-refractivity contribution in [3.8, 4) is 0 Å². The summed E-state index contributed by atoms with van der Waals surface area (Å²) >= 11 is 5.01. The Morgan fingerprint density at radius 3 is 2.68 bits per heavy atom. The van der Waals surface area contributed by atoms with Crippen molar-refractivity contribution < 1.29 is 4.79 Å². The molecule has 3 N–H and O–H groups in total. The van der Waals surface area contributed by atoms with Crippen LogP contribution in [0.1, 0.15) is 23.2 Å². The van der Waals surface area contributed by atoms with Crippen molar-refractivity contribution >= 4 is 44.8 Å². The molecule has 0 fully saturated rings.